The Morgan fingerprint density at radius 3 is 1.69 bits per heavy atom. The number of carbonyl (C=O) groups excluding carboxylic acids is 2. The first-order chi connectivity index (χ1) is 16.6. The number of fused-ring (bicyclic) bond motifs is 7. The predicted molar refractivity (Wildman–Crippen MR) is 134 cm³/mol. The van der Waals surface area contributed by atoms with Gasteiger partial charge in [0.25, 0.3) is 0 Å². The summed E-state index contributed by atoms with van der Waals surface area (Å²) < 4.78 is 12.6. The van der Waals surface area contributed by atoms with Gasteiger partial charge >= 0.3 is 11.9 Å². The molecule has 35 heavy (non-hydrogen) atoms. The van der Waals surface area contributed by atoms with E-state index in [0.29, 0.717) is 17.0 Å². The number of hydrogen-bond acceptors (Lipinski definition) is 4. The van der Waals surface area contributed by atoms with Crippen molar-refractivity contribution in [3.05, 3.63) is 71.8 Å². The molecule has 0 aromatic heterocycles. The lowest BCUT2D eigenvalue weighted by Gasteiger charge is -2.59. The maximum Gasteiger partial charge on any atom is 0.338 e. The van der Waals surface area contributed by atoms with Crippen molar-refractivity contribution in [2.24, 2.45) is 39.4 Å². The highest BCUT2D eigenvalue weighted by molar-refractivity contribution is 5.90. The van der Waals surface area contributed by atoms with Crippen molar-refractivity contribution in [2.45, 2.75) is 66.1 Å². The van der Waals surface area contributed by atoms with Crippen LogP contribution in [0.1, 0.15) is 74.6 Å². The van der Waals surface area contributed by atoms with Crippen molar-refractivity contribution < 1.29 is 19.1 Å². The van der Waals surface area contributed by atoms with E-state index in [-0.39, 0.29) is 45.4 Å². The van der Waals surface area contributed by atoms with Gasteiger partial charge in [0.05, 0.1) is 11.1 Å². The van der Waals surface area contributed by atoms with E-state index in [1.165, 1.54) is 6.42 Å². The predicted octanol–water partition coefficient (Wildman–Crippen LogP) is 6.56. The molecule has 4 nitrogen and oxygen atoms in total. The molecule has 9 atom stereocenters. The topological polar surface area (TPSA) is 52.6 Å². The van der Waals surface area contributed by atoms with Crippen LogP contribution in [0, 0.1) is 39.4 Å². The molecule has 2 aromatic rings. The minimum Gasteiger partial charge on any atom is -0.454 e. The number of benzene rings is 2. The van der Waals surface area contributed by atoms with Crippen LogP contribution in [0.25, 0.3) is 0 Å². The van der Waals surface area contributed by atoms with E-state index in [0.717, 1.165) is 12.8 Å². The fourth-order valence-corrected chi connectivity index (χ4v) is 9.61. The summed E-state index contributed by atoms with van der Waals surface area (Å²) in [7, 11) is 0. The van der Waals surface area contributed by atoms with E-state index in [2.05, 4.69) is 34.6 Å². The third-order valence-corrected chi connectivity index (χ3v) is 11.8. The maximum atomic E-state index is 13.3. The minimum atomic E-state index is -0.439. The highest BCUT2D eigenvalue weighted by Gasteiger charge is 2.90. The van der Waals surface area contributed by atoms with Gasteiger partial charge < -0.3 is 9.47 Å². The molecule has 4 heteroatoms. The highest BCUT2D eigenvalue weighted by Crippen LogP contribution is 2.93. The summed E-state index contributed by atoms with van der Waals surface area (Å²) in [6.45, 7) is 12.2. The summed E-state index contributed by atoms with van der Waals surface area (Å²) >= 11 is 0. The number of hydrogen-bond donors (Lipinski definition) is 0. The lowest BCUT2D eigenvalue weighted by atomic mass is 9.46. The van der Waals surface area contributed by atoms with E-state index in [9.17, 15) is 9.59 Å². The SMILES string of the molecule is CCC1(C)C2CC2(C)C2(C)C3CC(C(OC(=O)c4ccccc4)C3OC(=O)c3ccccc3)C12C. The third-order valence-electron chi connectivity index (χ3n) is 11.8. The van der Waals surface area contributed by atoms with Crippen LogP contribution in [0.4, 0.5) is 0 Å². The molecule has 4 saturated carbocycles. The standard InChI is InChI=1S/C31H36O4/c1-6-28(2)23-18-29(23,3)31(5)22-17-21(30(28,31)4)24(34-26(32)19-13-9-7-10-14-19)25(22)35-27(33)20-15-11-8-12-16-20/h7-16,21-25H,6,17-18H2,1-5H3. The summed E-state index contributed by atoms with van der Waals surface area (Å²) in [5, 5.41) is 0. The largest absolute Gasteiger partial charge is 0.454 e. The van der Waals surface area contributed by atoms with Crippen molar-refractivity contribution >= 4 is 11.9 Å². The monoisotopic (exact) mass is 472 g/mol. The van der Waals surface area contributed by atoms with Gasteiger partial charge in [-0.25, -0.2) is 9.59 Å². The Balaban J connectivity index is 1.40. The summed E-state index contributed by atoms with van der Waals surface area (Å²) in [6.07, 6.45) is 2.41. The van der Waals surface area contributed by atoms with E-state index < -0.39 is 12.2 Å². The smallest absolute Gasteiger partial charge is 0.338 e. The van der Waals surface area contributed by atoms with Gasteiger partial charge in [-0.15, -0.1) is 0 Å². The van der Waals surface area contributed by atoms with E-state index in [1.807, 2.05) is 36.4 Å². The van der Waals surface area contributed by atoms with Gasteiger partial charge in [0, 0.05) is 11.8 Å². The molecule has 0 heterocycles. The molecule has 2 aromatic carbocycles. The van der Waals surface area contributed by atoms with Crippen LogP contribution in [-0.4, -0.2) is 24.1 Å². The van der Waals surface area contributed by atoms with E-state index in [4.69, 9.17) is 9.47 Å². The van der Waals surface area contributed by atoms with E-state index in [1.54, 1.807) is 24.3 Å². The average Bonchev–Trinajstić information content (AvgIpc) is 3.35. The van der Waals surface area contributed by atoms with Gasteiger partial charge in [-0.3, -0.25) is 0 Å². The Kier molecular flexibility index (Phi) is 4.70. The fraction of sp³-hybridized carbons (Fsp3) is 0.548. The van der Waals surface area contributed by atoms with Crippen molar-refractivity contribution in [1.82, 2.24) is 0 Å². The number of rotatable bonds is 5. The third kappa shape index (κ3) is 2.58. The van der Waals surface area contributed by atoms with Crippen LogP contribution in [0.5, 0.6) is 0 Å². The molecule has 0 saturated heterocycles. The number of carbonyl (C=O) groups is 2. The molecule has 4 aliphatic rings. The van der Waals surface area contributed by atoms with Crippen molar-refractivity contribution in [1.29, 1.82) is 0 Å². The quantitative estimate of drug-likeness (QED) is 0.463. The minimum absolute atomic E-state index is 0.00831. The Labute approximate surface area is 208 Å². The zero-order valence-electron chi connectivity index (χ0n) is 21.4. The van der Waals surface area contributed by atoms with Crippen LogP contribution < -0.4 is 0 Å². The summed E-state index contributed by atoms with van der Waals surface area (Å²) in [5.74, 6) is 0.328. The van der Waals surface area contributed by atoms with Gasteiger partial charge in [-0.05, 0) is 71.1 Å². The summed E-state index contributed by atoms with van der Waals surface area (Å²) in [4.78, 5) is 26.5. The second kappa shape index (κ2) is 7.21. The molecule has 184 valence electrons. The maximum absolute atomic E-state index is 13.3. The molecule has 0 aliphatic heterocycles. The molecule has 4 fully saturated rings. The molecule has 9 unspecified atom stereocenters. The van der Waals surface area contributed by atoms with Crippen LogP contribution in [0.3, 0.4) is 0 Å². The Bertz CT molecular complexity index is 1180. The van der Waals surface area contributed by atoms with Gasteiger partial charge in [0.1, 0.15) is 12.2 Å². The molecule has 2 bridgehead atoms. The van der Waals surface area contributed by atoms with Gasteiger partial charge in [0.2, 0.25) is 0 Å². The molecular formula is C31H36O4. The van der Waals surface area contributed by atoms with Crippen LogP contribution in [0.2, 0.25) is 0 Å². The van der Waals surface area contributed by atoms with Crippen LogP contribution >= 0.6 is 0 Å². The lowest BCUT2D eigenvalue weighted by molar-refractivity contribution is -0.175. The first-order valence-electron chi connectivity index (χ1n) is 13.2. The second-order valence-electron chi connectivity index (χ2n) is 12.3. The zero-order chi connectivity index (χ0) is 24.8. The number of ether oxygens (including phenoxy) is 2. The summed E-state index contributed by atoms with van der Waals surface area (Å²) in [6, 6.07) is 18.3. The van der Waals surface area contributed by atoms with Crippen LogP contribution in [0.15, 0.2) is 60.7 Å². The Hall–Kier alpha value is -2.62. The van der Waals surface area contributed by atoms with Gasteiger partial charge in [-0.2, -0.15) is 0 Å². The van der Waals surface area contributed by atoms with E-state index >= 15 is 0 Å². The van der Waals surface area contributed by atoms with Crippen molar-refractivity contribution in [3.8, 4) is 0 Å². The lowest BCUT2D eigenvalue weighted by Crippen LogP contribution is -2.60. The zero-order valence-corrected chi connectivity index (χ0v) is 21.4. The fourth-order valence-electron chi connectivity index (χ4n) is 9.61. The molecule has 0 amide bonds. The summed E-state index contributed by atoms with van der Waals surface area (Å²) in [5.41, 5.74) is 1.51. The van der Waals surface area contributed by atoms with Gasteiger partial charge in [-0.1, -0.05) is 71.0 Å². The van der Waals surface area contributed by atoms with Crippen molar-refractivity contribution in [2.75, 3.05) is 0 Å². The first kappa shape index (κ1) is 22.8. The van der Waals surface area contributed by atoms with Gasteiger partial charge in [0.15, 0.2) is 0 Å². The van der Waals surface area contributed by atoms with Crippen molar-refractivity contribution in [3.63, 3.8) is 0 Å². The molecular weight excluding hydrogens is 436 g/mol. The second-order valence-corrected chi connectivity index (χ2v) is 12.3. The average molecular weight is 473 g/mol. The molecule has 0 spiro atoms. The molecule has 0 N–H and O–H groups in total. The first-order valence-corrected chi connectivity index (χ1v) is 13.2. The number of esters is 2. The molecule has 6 rings (SSSR count). The molecule has 4 aliphatic carbocycles. The van der Waals surface area contributed by atoms with Crippen LogP contribution in [-0.2, 0) is 9.47 Å². The molecule has 0 radical (unpaired) electrons. The highest BCUT2D eigenvalue weighted by atomic mass is 16.6. The normalized spacial score (nSPS) is 44.4. The Morgan fingerprint density at radius 1 is 0.771 bits per heavy atom. The Morgan fingerprint density at radius 2 is 1.23 bits per heavy atom.